The van der Waals surface area contributed by atoms with E-state index in [-0.39, 0.29) is 57.9 Å². The van der Waals surface area contributed by atoms with E-state index in [1.54, 1.807) is 4.90 Å². The summed E-state index contributed by atoms with van der Waals surface area (Å²) < 4.78 is 0. The number of carbonyl (C=O) groups is 2. The van der Waals surface area contributed by atoms with Crippen LogP contribution in [0.4, 0.5) is 0 Å². The maximum Gasteiger partial charge on any atom is 0.166 e. The van der Waals surface area contributed by atoms with E-state index in [9.17, 15) is 9.59 Å². The molecule has 2 aliphatic rings. The first-order chi connectivity index (χ1) is 7.08. The molecule has 1 saturated carbocycles. The molecule has 3 nitrogen and oxygen atoms in total. The Bertz CT molecular complexity index is 374. The number of nitrogens with zero attached hydrogens (tertiary/aromatic N) is 1. The summed E-state index contributed by atoms with van der Waals surface area (Å²) in [5.74, 6) is 0.0357. The normalized spacial score (nSPS) is 24.0. The standard InChI is InChI=1S/C12H14NO2.CH3.Y/c1-8-3-4-10(11(14)5-8)13-7-9(2)6-12(13)15;;/h6,10H,1-5,7H2;1H3;/q2*-1;. The molecule has 0 spiro atoms. The van der Waals surface area contributed by atoms with Crippen LogP contribution in [0.15, 0.2) is 23.8 Å². The van der Waals surface area contributed by atoms with Gasteiger partial charge in [0.2, 0.25) is 0 Å². The molecule has 2 rings (SSSR count). The number of hydrogen-bond acceptors (Lipinski definition) is 2. The Labute approximate surface area is 128 Å². The summed E-state index contributed by atoms with van der Waals surface area (Å²) in [5.41, 5.74) is 1.77. The van der Waals surface area contributed by atoms with Crippen LogP contribution in [0.5, 0.6) is 0 Å². The van der Waals surface area contributed by atoms with Crippen molar-refractivity contribution in [1.29, 1.82) is 0 Å². The molecule has 0 aromatic carbocycles. The summed E-state index contributed by atoms with van der Waals surface area (Å²) in [5, 5.41) is 0. The number of Topliss-reactive ketones (excluding diaryl/α,β-unsaturated/α-hetero) is 1. The molecule has 1 atom stereocenters. The summed E-state index contributed by atoms with van der Waals surface area (Å²) in [4.78, 5) is 24.9. The molecular weight excluding hydrogens is 291 g/mol. The third kappa shape index (κ3) is 3.52. The Kier molecular flexibility index (Phi) is 6.35. The van der Waals surface area contributed by atoms with Gasteiger partial charge < -0.3 is 12.3 Å². The fraction of sp³-hybridized carbons (Fsp3) is 0.385. The second kappa shape index (κ2) is 6.51. The molecule has 0 N–H and O–H groups in total. The van der Waals surface area contributed by atoms with Crippen molar-refractivity contribution in [2.75, 3.05) is 6.54 Å². The molecule has 0 saturated heterocycles. The van der Waals surface area contributed by atoms with Crippen LogP contribution in [-0.4, -0.2) is 29.2 Å². The van der Waals surface area contributed by atoms with Crippen LogP contribution < -0.4 is 0 Å². The molecule has 1 fully saturated rings. The third-order valence-corrected chi connectivity index (χ3v) is 2.93. The average molecular weight is 308 g/mol. The second-order valence-corrected chi connectivity index (χ2v) is 4.22. The van der Waals surface area contributed by atoms with Gasteiger partial charge in [0.05, 0.1) is 6.04 Å². The minimum absolute atomic E-state index is 0. The summed E-state index contributed by atoms with van der Waals surface area (Å²) in [6.07, 6.45) is 3.48. The first kappa shape index (κ1) is 16.6. The number of carbonyl (C=O) groups excluding carboxylic acids is 2. The average Bonchev–Trinajstić information content (AvgIpc) is 2.45. The van der Waals surface area contributed by atoms with E-state index >= 15 is 0 Å². The van der Waals surface area contributed by atoms with E-state index < -0.39 is 0 Å². The predicted octanol–water partition coefficient (Wildman–Crippen LogP) is 1.71. The van der Waals surface area contributed by atoms with Crippen molar-refractivity contribution in [2.45, 2.75) is 25.3 Å². The summed E-state index contributed by atoms with van der Waals surface area (Å²) in [7, 11) is 0. The first-order valence-corrected chi connectivity index (χ1v) is 5.10. The molecule has 17 heavy (non-hydrogen) atoms. The molecule has 0 aromatic heterocycles. The third-order valence-electron chi connectivity index (χ3n) is 2.93. The van der Waals surface area contributed by atoms with Crippen molar-refractivity contribution in [3.05, 3.63) is 38.2 Å². The Morgan fingerprint density at radius 2 is 2.06 bits per heavy atom. The Hall–Kier alpha value is -0.406. The topological polar surface area (TPSA) is 37.4 Å². The van der Waals surface area contributed by atoms with Gasteiger partial charge in [0.1, 0.15) is 0 Å². The van der Waals surface area contributed by atoms with Crippen LogP contribution in [0.25, 0.3) is 0 Å². The zero-order valence-electron chi connectivity index (χ0n) is 10.2. The maximum atomic E-state index is 11.7. The molecular formula is C13H17NO2Y-2. The van der Waals surface area contributed by atoms with E-state index in [1.165, 1.54) is 6.08 Å². The molecule has 1 amide bonds. The zero-order chi connectivity index (χ0) is 11.0. The molecule has 1 radical (unpaired) electrons. The van der Waals surface area contributed by atoms with Gasteiger partial charge in [-0.2, -0.15) is 5.57 Å². The van der Waals surface area contributed by atoms with Gasteiger partial charge in [0, 0.05) is 45.7 Å². The molecule has 1 aliphatic carbocycles. The molecule has 0 aromatic rings. The van der Waals surface area contributed by atoms with Crippen molar-refractivity contribution >= 4 is 11.7 Å². The van der Waals surface area contributed by atoms with Crippen LogP contribution in [0.2, 0.25) is 0 Å². The van der Waals surface area contributed by atoms with E-state index in [2.05, 4.69) is 13.5 Å². The molecule has 1 aliphatic heterocycles. The van der Waals surface area contributed by atoms with Gasteiger partial charge in [-0.1, -0.05) is 12.2 Å². The Balaban J connectivity index is 0.00000128. The van der Waals surface area contributed by atoms with E-state index in [4.69, 9.17) is 0 Å². The van der Waals surface area contributed by atoms with Gasteiger partial charge >= 0.3 is 0 Å². The van der Waals surface area contributed by atoms with Gasteiger partial charge in [-0.25, -0.2) is 6.92 Å². The van der Waals surface area contributed by atoms with Crippen molar-refractivity contribution in [2.24, 2.45) is 0 Å². The number of rotatable bonds is 1. The number of hydrogen-bond donors (Lipinski definition) is 0. The first-order valence-electron chi connectivity index (χ1n) is 5.10. The Morgan fingerprint density at radius 3 is 2.53 bits per heavy atom. The predicted molar refractivity (Wildman–Crippen MR) is 63.4 cm³/mol. The fourth-order valence-corrected chi connectivity index (χ4v) is 2.15. The molecule has 1 heterocycles. The van der Waals surface area contributed by atoms with Crippen LogP contribution in [0, 0.1) is 14.4 Å². The van der Waals surface area contributed by atoms with Gasteiger partial charge in [-0.3, -0.25) is 9.59 Å². The monoisotopic (exact) mass is 308 g/mol. The number of ketones is 1. The van der Waals surface area contributed by atoms with Crippen LogP contribution >= 0.6 is 0 Å². The molecule has 91 valence electrons. The van der Waals surface area contributed by atoms with Gasteiger partial charge in [0.15, 0.2) is 11.7 Å². The minimum Gasteiger partial charge on any atom is -0.358 e. The fourth-order valence-electron chi connectivity index (χ4n) is 2.15. The number of amides is 1. The number of allylic oxidation sites excluding steroid dienone is 1. The van der Waals surface area contributed by atoms with Gasteiger partial charge in [0.25, 0.3) is 0 Å². The van der Waals surface area contributed by atoms with Crippen LogP contribution in [-0.2, 0) is 42.3 Å². The van der Waals surface area contributed by atoms with Crippen molar-refractivity contribution in [3.8, 4) is 0 Å². The smallest absolute Gasteiger partial charge is 0.166 e. The van der Waals surface area contributed by atoms with Gasteiger partial charge in [-0.15, -0.1) is 6.08 Å². The summed E-state index contributed by atoms with van der Waals surface area (Å²) >= 11 is 0. The van der Waals surface area contributed by atoms with E-state index in [1.807, 2.05) is 0 Å². The van der Waals surface area contributed by atoms with Crippen molar-refractivity contribution in [3.63, 3.8) is 0 Å². The van der Waals surface area contributed by atoms with Crippen molar-refractivity contribution in [1.82, 2.24) is 4.90 Å². The maximum absolute atomic E-state index is 11.7. The van der Waals surface area contributed by atoms with Crippen LogP contribution in [0.3, 0.4) is 0 Å². The van der Waals surface area contributed by atoms with Crippen molar-refractivity contribution < 1.29 is 42.3 Å². The minimum atomic E-state index is -0.251. The zero-order valence-corrected chi connectivity index (χ0v) is 13.1. The van der Waals surface area contributed by atoms with Crippen LogP contribution in [0.1, 0.15) is 19.3 Å². The second-order valence-electron chi connectivity index (χ2n) is 4.22. The SMILES string of the molecule is C=C1CCC(N2CC([CH2-])=CC2=O)C(=O)C1.[CH3-].[Y]. The van der Waals surface area contributed by atoms with Gasteiger partial charge in [-0.05, 0) is 12.8 Å². The quantitative estimate of drug-likeness (QED) is 0.546. The summed E-state index contributed by atoms with van der Waals surface area (Å²) in [6.45, 7) is 8.05. The molecule has 1 unspecified atom stereocenters. The van der Waals surface area contributed by atoms with E-state index in [0.717, 1.165) is 17.6 Å². The van der Waals surface area contributed by atoms with E-state index in [0.29, 0.717) is 19.4 Å². The largest absolute Gasteiger partial charge is 0.358 e. The molecule has 0 bridgehead atoms. The summed E-state index contributed by atoms with van der Waals surface area (Å²) in [6, 6.07) is -0.251. The Morgan fingerprint density at radius 1 is 1.41 bits per heavy atom. The molecule has 4 heteroatoms.